The van der Waals surface area contributed by atoms with Crippen molar-refractivity contribution in [2.45, 2.75) is 13.0 Å². The van der Waals surface area contributed by atoms with Gasteiger partial charge in [0.1, 0.15) is 11.8 Å². The smallest absolute Gasteiger partial charge is 0.319 e. The Morgan fingerprint density at radius 1 is 1.04 bits per heavy atom. The lowest BCUT2D eigenvalue weighted by atomic mass is 10.2. The molecule has 6 nitrogen and oxygen atoms in total. The zero-order valence-corrected chi connectivity index (χ0v) is 14.1. The molecule has 0 radical (unpaired) electrons. The van der Waals surface area contributed by atoms with Gasteiger partial charge in [0.15, 0.2) is 0 Å². The highest BCUT2D eigenvalue weighted by atomic mass is 35.5. The largest absolute Gasteiger partial charge is 0.495 e. The average Bonchev–Trinajstić information content (AvgIpc) is 2.55. The minimum absolute atomic E-state index is 0.362. The van der Waals surface area contributed by atoms with Crippen LogP contribution in [0.25, 0.3) is 0 Å². The highest BCUT2D eigenvalue weighted by molar-refractivity contribution is 6.32. The molecular weight excluding hydrogens is 330 g/mol. The molecular formula is C17H18ClN3O3. The lowest BCUT2D eigenvalue weighted by Crippen LogP contribution is -2.43. The Morgan fingerprint density at radius 2 is 1.75 bits per heavy atom. The van der Waals surface area contributed by atoms with E-state index < -0.39 is 12.1 Å². The summed E-state index contributed by atoms with van der Waals surface area (Å²) in [6, 6.07) is 12.7. The van der Waals surface area contributed by atoms with Gasteiger partial charge in [0.2, 0.25) is 5.91 Å². The standard InChI is InChI=1S/C17H18ClN3O3/c1-11(19-17(23)21-12-6-4-3-5-7-12)16(22)20-13-8-9-15(24-2)14(18)10-13/h3-11H,1-2H3,(H,20,22)(H2,19,21,23). The lowest BCUT2D eigenvalue weighted by molar-refractivity contribution is -0.117. The molecule has 1 atom stereocenters. The van der Waals surface area contributed by atoms with E-state index in [-0.39, 0.29) is 5.91 Å². The first-order valence-electron chi connectivity index (χ1n) is 7.26. The number of methoxy groups -OCH3 is 1. The lowest BCUT2D eigenvalue weighted by Gasteiger charge is -2.15. The van der Waals surface area contributed by atoms with Gasteiger partial charge in [-0.15, -0.1) is 0 Å². The Kier molecular flexibility index (Phi) is 6.03. The van der Waals surface area contributed by atoms with Gasteiger partial charge < -0.3 is 20.7 Å². The summed E-state index contributed by atoms with van der Waals surface area (Å²) in [6.45, 7) is 1.59. The molecule has 24 heavy (non-hydrogen) atoms. The Bertz CT molecular complexity index is 722. The van der Waals surface area contributed by atoms with Crippen LogP contribution in [0.5, 0.6) is 5.75 Å². The number of amides is 3. The summed E-state index contributed by atoms with van der Waals surface area (Å²) in [5.41, 5.74) is 1.16. The summed E-state index contributed by atoms with van der Waals surface area (Å²) < 4.78 is 5.05. The number of hydrogen-bond donors (Lipinski definition) is 3. The van der Waals surface area contributed by atoms with Crippen LogP contribution in [0.3, 0.4) is 0 Å². The Labute approximate surface area is 145 Å². The van der Waals surface area contributed by atoms with Crippen molar-refractivity contribution < 1.29 is 14.3 Å². The van der Waals surface area contributed by atoms with Crippen molar-refractivity contribution in [2.24, 2.45) is 0 Å². The second-order valence-electron chi connectivity index (χ2n) is 5.02. The van der Waals surface area contributed by atoms with Crippen molar-refractivity contribution in [1.29, 1.82) is 0 Å². The molecule has 2 rings (SSSR count). The number of ether oxygens (including phenoxy) is 1. The van der Waals surface area contributed by atoms with E-state index in [0.29, 0.717) is 22.1 Å². The van der Waals surface area contributed by atoms with Crippen molar-refractivity contribution >= 4 is 34.9 Å². The van der Waals surface area contributed by atoms with E-state index in [4.69, 9.17) is 16.3 Å². The van der Waals surface area contributed by atoms with Gasteiger partial charge in [0.05, 0.1) is 12.1 Å². The van der Waals surface area contributed by atoms with Crippen LogP contribution >= 0.6 is 11.6 Å². The third-order valence-electron chi connectivity index (χ3n) is 3.19. The van der Waals surface area contributed by atoms with Crippen LogP contribution in [-0.4, -0.2) is 25.1 Å². The number of urea groups is 1. The summed E-state index contributed by atoms with van der Waals surface area (Å²) in [7, 11) is 1.51. The van der Waals surface area contributed by atoms with E-state index in [1.165, 1.54) is 7.11 Å². The van der Waals surface area contributed by atoms with Crippen LogP contribution < -0.4 is 20.7 Å². The number of hydrogen-bond acceptors (Lipinski definition) is 3. The molecule has 0 aliphatic carbocycles. The van der Waals surface area contributed by atoms with Crippen LogP contribution in [0.15, 0.2) is 48.5 Å². The van der Waals surface area contributed by atoms with Crippen molar-refractivity contribution in [3.05, 3.63) is 53.6 Å². The molecule has 7 heteroatoms. The molecule has 2 aromatic carbocycles. The fourth-order valence-corrected chi connectivity index (χ4v) is 2.20. The molecule has 0 aliphatic rings. The zero-order valence-electron chi connectivity index (χ0n) is 13.3. The molecule has 0 heterocycles. The second-order valence-corrected chi connectivity index (χ2v) is 5.43. The number of rotatable bonds is 5. The van der Waals surface area contributed by atoms with E-state index in [2.05, 4.69) is 16.0 Å². The highest BCUT2D eigenvalue weighted by Gasteiger charge is 2.16. The first-order chi connectivity index (χ1) is 11.5. The molecule has 0 aliphatic heterocycles. The van der Waals surface area contributed by atoms with Gasteiger partial charge in [-0.05, 0) is 37.3 Å². The number of halogens is 1. The molecule has 0 saturated heterocycles. The van der Waals surface area contributed by atoms with Crippen LogP contribution in [-0.2, 0) is 4.79 Å². The number of nitrogens with one attached hydrogen (secondary N) is 3. The number of benzene rings is 2. The highest BCUT2D eigenvalue weighted by Crippen LogP contribution is 2.27. The maximum Gasteiger partial charge on any atom is 0.319 e. The van der Waals surface area contributed by atoms with E-state index in [9.17, 15) is 9.59 Å². The SMILES string of the molecule is COc1ccc(NC(=O)C(C)NC(=O)Nc2ccccc2)cc1Cl. The predicted octanol–water partition coefficient (Wildman–Crippen LogP) is 3.50. The number of carbonyl (C=O) groups is 2. The minimum Gasteiger partial charge on any atom is -0.495 e. The summed E-state index contributed by atoms with van der Waals surface area (Å²) in [6.07, 6.45) is 0. The average molecular weight is 348 g/mol. The fraction of sp³-hybridized carbons (Fsp3) is 0.176. The molecule has 0 spiro atoms. The number of para-hydroxylation sites is 1. The van der Waals surface area contributed by atoms with Crippen LogP contribution in [0.1, 0.15) is 6.92 Å². The molecule has 3 amide bonds. The third kappa shape index (κ3) is 4.89. The Hall–Kier alpha value is -2.73. The molecule has 126 valence electrons. The van der Waals surface area contributed by atoms with Crippen molar-refractivity contribution in [1.82, 2.24) is 5.32 Å². The molecule has 0 aromatic heterocycles. The van der Waals surface area contributed by atoms with Gasteiger partial charge in [0.25, 0.3) is 0 Å². The molecule has 1 unspecified atom stereocenters. The van der Waals surface area contributed by atoms with E-state index in [1.807, 2.05) is 6.07 Å². The summed E-state index contributed by atoms with van der Waals surface area (Å²) in [5.74, 6) is 0.155. The first-order valence-corrected chi connectivity index (χ1v) is 7.64. The van der Waals surface area contributed by atoms with Gasteiger partial charge >= 0.3 is 6.03 Å². The van der Waals surface area contributed by atoms with E-state index >= 15 is 0 Å². The minimum atomic E-state index is -0.727. The molecule has 0 fully saturated rings. The maximum atomic E-state index is 12.1. The quantitative estimate of drug-likeness (QED) is 0.774. The molecule has 2 aromatic rings. The normalized spacial score (nSPS) is 11.3. The summed E-state index contributed by atoms with van der Waals surface area (Å²) in [4.78, 5) is 24.0. The third-order valence-corrected chi connectivity index (χ3v) is 3.49. The van der Waals surface area contributed by atoms with Gasteiger partial charge in [-0.2, -0.15) is 0 Å². The van der Waals surface area contributed by atoms with Gasteiger partial charge in [-0.3, -0.25) is 4.79 Å². The fourth-order valence-electron chi connectivity index (χ4n) is 1.95. The van der Waals surface area contributed by atoms with Crippen LogP contribution in [0, 0.1) is 0 Å². The first kappa shape index (κ1) is 17.6. The number of carbonyl (C=O) groups excluding carboxylic acids is 2. The Morgan fingerprint density at radius 3 is 2.38 bits per heavy atom. The van der Waals surface area contributed by atoms with Crippen LogP contribution in [0.2, 0.25) is 5.02 Å². The number of anilines is 2. The molecule has 0 saturated carbocycles. The second kappa shape index (κ2) is 8.21. The zero-order chi connectivity index (χ0) is 17.5. The topological polar surface area (TPSA) is 79.5 Å². The van der Waals surface area contributed by atoms with Gasteiger partial charge in [-0.1, -0.05) is 29.8 Å². The van der Waals surface area contributed by atoms with E-state index in [1.54, 1.807) is 49.4 Å². The molecule has 3 N–H and O–H groups in total. The van der Waals surface area contributed by atoms with Gasteiger partial charge in [-0.25, -0.2) is 4.79 Å². The summed E-state index contributed by atoms with van der Waals surface area (Å²) >= 11 is 6.01. The molecule has 0 bridgehead atoms. The van der Waals surface area contributed by atoms with Gasteiger partial charge in [0, 0.05) is 11.4 Å². The Balaban J connectivity index is 1.90. The van der Waals surface area contributed by atoms with E-state index in [0.717, 1.165) is 0 Å². The monoisotopic (exact) mass is 347 g/mol. The van der Waals surface area contributed by atoms with Crippen molar-refractivity contribution in [2.75, 3.05) is 17.7 Å². The predicted molar refractivity (Wildman–Crippen MR) is 94.7 cm³/mol. The van der Waals surface area contributed by atoms with Crippen molar-refractivity contribution in [3.63, 3.8) is 0 Å². The van der Waals surface area contributed by atoms with Crippen molar-refractivity contribution in [3.8, 4) is 5.75 Å². The van der Waals surface area contributed by atoms with Crippen LogP contribution in [0.4, 0.5) is 16.2 Å². The maximum absolute atomic E-state index is 12.1. The summed E-state index contributed by atoms with van der Waals surface area (Å²) in [5, 5.41) is 8.28.